The topological polar surface area (TPSA) is 56.8 Å². The summed E-state index contributed by atoms with van der Waals surface area (Å²) in [4.78, 5) is 4.80. The highest BCUT2D eigenvalue weighted by Gasteiger charge is 2.59. The largest absolute Gasteiger partial charge is 0.497 e. The maximum Gasteiger partial charge on any atom is 0.163 e. The Kier molecular flexibility index (Phi) is 4.47. The average molecular weight is 407 g/mol. The lowest BCUT2D eigenvalue weighted by atomic mass is 9.62. The number of hydrogen-bond donors (Lipinski definition) is 1. The fourth-order valence-corrected chi connectivity index (χ4v) is 5.73. The van der Waals surface area contributed by atoms with Gasteiger partial charge in [-0.1, -0.05) is 24.3 Å². The smallest absolute Gasteiger partial charge is 0.163 e. The lowest BCUT2D eigenvalue weighted by Crippen LogP contribution is -2.43. The molecule has 4 nitrogen and oxygen atoms in total. The normalized spacial score (nSPS) is 29.8. The van der Waals surface area contributed by atoms with Gasteiger partial charge in [0.25, 0.3) is 0 Å². The molecule has 0 aromatic heterocycles. The van der Waals surface area contributed by atoms with E-state index in [-0.39, 0.29) is 17.4 Å². The molecule has 0 saturated heterocycles. The van der Waals surface area contributed by atoms with Gasteiger partial charge in [-0.2, -0.15) is 0 Å². The van der Waals surface area contributed by atoms with E-state index >= 15 is 0 Å². The highest BCUT2D eigenvalue weighted by molar-refractivity contribution is 5.98. The molecule has 2 aromatic carbocycles. The van der Waals surface area contributed by atoms with Gasteiger partial charge in [-0.3, -0.25) is 0 Å². The van der Waals surface area contributed by atoms with Crippen LogP contribution in [0.25, 0.3) is 11.1 Å². The molecule has 2 aromatic rings. The molecule has 0 radical (unpaired) electrons. The first-order valence-electron chi connectivity index (χ1n) is 10.5. The molecule has 2 aliphatic carbocycles. The first-order chi connectivity index (χ1) is 14.5. The zero-order valence-electron chi connectivity index (χ0n) is 17.5. The molecule has 3 aliphatic rings. The number of hydrogen-bond acceptors (Lipinski definition) is 4. The minimum absolute atomic E-state index is 0.0165. The van der Waals surface area contributed by atoms with Crippen molar-refractivity contribution in [2.24, 2.45) is 16.1 Å². The molecule has 1 saturated carbocycles. The van der Waals surface area contributed by atoms with Crippen LogP contribution < -0.4 is 10.5 Å². The third-order valence-electron chi connectivity index (χ3n) is 7.36. The Labute approximate surface area is 176 Å². The molecule has 2 N–H and O–H groups in total. The quantitative estimate of drug-likeness (QED) is 0.788. The number of benzene rings is 2. The number of nitrogens with two attached hydrogens (primary N) is 1. The van der Waals surface area contributed by atoms with E-state index in [9.17, 15) is 4.39 Å². The van der Waals surface area contributed by atoms with Gasteiger partial charge in [0.2, 0.25) is 0 Å². The second kappa shape index (κ2) is 6.95. The van der Waals surface area contributed by atoms with E-state index in [1.165, 1.54) is 5.56 Å². The van der Waals surface area contributed by atoms with E-state index < -0.39 is 11.4 Å². The second-order valence-corrected chi connectivity index (χ2v) is 8.75. The zero-order chi connectivity index (χ0) is 20.9. The molecule has 1 aliphatic heterocycles. The summed E-state index contributed by atoms with van der Waals surface area (Å²) in [5.41, 5.74) is 9.55. The van der Waals surface area contributed by atoms with Crippen LogP contribution in [0.3, 0.4) is 0 Å². The van der Waals surface area contributed by atoms with Gasteiger partial charge in [-0.05, 0) is 78.6 Å². The van der Waals surface area contributed by atoms with Crippen LogP contribution >= 0.6 is 0 Å². The summed E-state index contributed by atoms with van der Waals surface area (Å²) in [5.74, 6) is 0.428. The highest BCUT2D eigenvalue weighted by atomic mass is 19.1. The van der Waals surface area contributed by atoms with Gasteiger partial charge >= 0.3 is 0 Å². The molecular formula is C25H27FN2O2. The molecule has 5 rings (SSSR count). The standard InChI is InChI=1S/C25H27FN2O2/c1-29-19-8-10-24(11-9-19)14-18-7-6-17(16-4-3-5-20(12-16)30-2)13-21(18)25(24)15-22(26)23(27)28-25/h3-7,12-13,15,19H,8-11,14H2,1-2H3,(H2,27,28). The van der Waals surface area contributed by atoms with Crippen molar-refractivity contribution in [3.63, 3.8) is 0 Å². The SMILES string of the molecule is COc1cccc(-c2ccc3c(c2)C2(C=C(F)C(N)=N2)C2(CCC(OC)CC2)C3)c1. The predicted molar refractivity (Wildman–Crippen MR) is 116 cm³/mol. The van der Waals surface area contributed by atoms with Crippen molar-refractivity contribution in [2.45, 2.75) is 43.7 Å². The van der Waals surface area contributed by atoms with Gasteiger partial charge in [0, 0.05) is 12.5 Å². The average Bonchev–Trinajstić information content (AvgIpc) is 3.22. The molecule has 156 valence electrons. The maximum atomic E-state index is 14.7. The number of aliphatic imine (C=N–C) groups is 1. The number of nitrogens with zero attached hydrogens (tertiary/aromatic N) is 1. The molecule has 0 amide bonds. The number of fused-ring (bicyclic) bond motifs is 3. The Morgan fingerprint density at radius 2 is 1.83 bits per heavy atom. The third-order valence-corrected chi connectivity index (χ3v) is 7.36. The van der Waals surface area contributed by atoms with Crippen LogP contribution in [0, 0.1) is 5.41 Å². The minimum Gasteiger partial charge on any atom is -0.497 e. The predicted octanol–water partition coefficient (Wildman–Crippen LogP) is 4.91. The zero-order valence-corrected chi connectivity index (χ0v) is 17.5. The van der Waals surface area contributed by atoms with Crippen LogP contribution in [-0.2, 0) is 16.7 Å². The summed E-state index contributed by atoms with van der Waals surface area (Å²) in [6.07, 6.45) is 6.62. The van der Waals surface area contributed by atoms with Gasteiger partial charge in [-0.15, -0.1) is 0 Å². The van der Waals surface area contributed by atoms with Crippen LogP contribution in [-0.4, -0.2) is 26.2 Å². The van der Waals surface area contributed by atoms with Crippen molar-refractivity contribution in [1.82, 2.24) is 0 Å². The van der Waals surface area contributed by atoms with Gasteiger partial charge in [-0.25, -0.2) is 9.38 Å². The second-order valence-electron chi connectivity index (χ2n) is 8.75. The Morgan fingerprint density at radius 3 is 2.50 bits per heavy atom. The van der Waals surface area contributed by atoms with E-state index in [0.29, 0.717) is 0 Å². The van der Waals surface area contributed by atoms with Gasteiger partial charge in [0.05, 0.1) is 13.2 Å². The fourth-order valence-electron chi connectivity index (χ4n) is 5.73. The molecule has 1 unspecified atom stereocenters. The van der Waals surface area contributed by atoms with Crippen LogP contribution in [0.4, 0.5) is 4.39 Å². The molecule has 1 heterocycles. The lowest BCUT2D eigenvalue weighted by Gasteiger charge is -2.45. The summed E-state index contributed by atoms with van der Waals surface area (Å²) in [6.45, 7) is 0. The Balaban J connectivity index is 1.63. The van der Waals surface area contributed by atoms with Crippen molar-refractivity contribution in [2.75, 3.05) is 14.2 Å². The summed E-state index contributed by atoms with van der Waals surface area (Å²) in [5, 5.41) is 0. The van der Waals surface area contributed by atoms with Crippen LogP contribution in [0.2, 0.25) is 0 Å². The van der Waals surface area contributed by atoms with E-state index in [1.54, 1.807) is 20.3 Å². The first kappa shape index (κ1) is 19.3. The number of amidine groups is 1. The third kappa shape index (κ3) is 2.72. The van der Waals surface area contributed by atoms with E-state index in [2.05, 4.69) is 24.3 Å². The number of ether oxygens (including phenoxy) is 2. The molecule has 5 heteroatoms. The maximum absolute atomic E-state index is 14.7. The fraction of sp³-hybridized carbons (Fsp3) is 0.400. The Morgan fingerprint density at radius 1 is 1.07 bits per heavy atom. The van der Waals surface area contributed by atoms with Crippen molar-refractivity contribution < 1.29 is 13.9 Å². The van der Waals surface area contributed by atoms with E-state index in [0.717, 1.165) is 54.5 Å². The molecule has 30 heavy (non-hydrogen) atoms. The Bertz CT molecular complexity index is 1030. The summed E-state index contributed by atoms with van der Waals surface area (Å²) >= 11 is 0. The first-order valence-corrected chi connectivity index (χ1v) is 10.5. The molecule has 1 atom stereocenters. The highest BCUT2D eigenvalue weighted by Crippen LogP contribution is 2.62. The van der Waals surface area contributed by atoms with Gasteiger partial charge in [0.1, 0.15) is 11.3 Å². The van der Waals surface area contributed by atoms with E-state index in [4.69, 9.17) is 20.2 Å². The molecular weight excluding hydrogens is 379 g/mol. The van der Waals surface area contributed by atoms with Gasteiger partial charge in [0.15, 0.2) is 11.7 Å². The van der Waals surface area contributed by atoms with Crippen LogP contribution in [0.15, 0.2) is 59.4 Å². The summed E-state index contributed by atoms with van der Waals surface area (Å²) in [7, 11) is 3.44. The van der Waals surface area contributed by atoms with E-state index in [1.807, 2.05) is 18.2 Å². The van der Waals surface area contributed by atoms with Crippen molar-refractivity contribution in [1.29, 1.82) is 0 Å². The summed E-state index contributed by atoms with van der Waals surface area (Å²) in [6, 6.07) is 14.5. The molecule has 2 spiro atoms. The number of halogens is 1. The number of methoxy groups -OCH3 is 2. The monoisotopic (exact) mass is 406 g/mol. The van der Waals surface area contributed by atoms with Crippen LogP contribution in [0.1, 0.15) is 36.8 Å². The van der Waals surface area contributed by atoms with Gasteiger partial charge < -0.3 is 15.2 Å². The molecule has 0 bridgehead atoms. The van der Waals surface area contributed by atoms with Crippen molar-refractivity contribution >= 4 is 5.84 Å². The minimum atomic E-state index is -0.732. The number of rotatable bonds is 3. The summed E-state index contributed by atoms with van der Waals surface area (Å²) < 4.78 is 25.7. The van der Waals surface area contributed by atoms with Crippen molar-refractivity contribution in [3.05, 3.63) is 65.5 Å². The molecule has 1 fully saturated rings. The lowest BCUT2D eigenvalue weighted by molar-refractivity contribution is 0.00815. The Hall–Kier alpha value is -2.66. The van der Waals surface area contributed by atoms with Crippen LogP contribution in [0.5, 0.6) is 5.75 Å². The van der Waals surface area contributed by atoms with Crippen molar-refractivity contribution in [3.8, 4) is 16.9 Å².